The molecule has 0 bridgehead atoms. The van der Waals surface area contributed by atoms with Crippen molar-refractivity contribution in [3.05, 3.63) is 16.9 Å². The molecular weight excluding hydrogens is 226 g/mol. The van der Waals surface area contributed by atoms with E-state index in [2.05, 4.69) is 21.0 Å². The van der Waals surface area contributed by atoms with Gasteiger partial charge in [-0.05, 0) is 15.9 Å². The maximum Gasteiger partial charge on any atom is 0.322 e. The SMILES string of the molecule is N[C@@H](Cn1cc(Br)cn1)C(=O)O. The Morgan fingerprint density at radius 3 is 3.00 bits per heavy atom. The Morgan fingerprint density at radius 1 is 1.92 bits per heavy atom. The summed E-state index contributed by atoms with van der Waals surface area (Å²) in [6.45, 7) is 0.181. The number of carboxylic acid groups (broad SMARTS) is 1. The fourth-order valence-electron chi connectivity index (χ4n) is 0.718. The average molecular weight is 234 g/mol. The molecule has 12 heavy (non-hydrogen) atoms. The van der Waals surface area contributed by atoms with Crippen LogP contribution in [0.25, 0.3) is 0 Å². The molecule has 1 rings (SSSR count). The van der Waals surface area contributed by atoms with Crippen molar-refractivity contribution in [3.8, 4) is 0 Å². The highest BCUT2D eigenvalue weighted by Gasteiger charge is 2.11. The van der Waals surface area contributed by atoms with Crippen LogP contribution in [0, 0.1) is 0 Å². The fourth-order valence-corrected chi connectivity index (χ4v) is 1.05. The summed E-state index contributed by atoms with van der Waals surface area (Å²) in [5, 5.41) is 12.3. The topological polar surface area (TPSA) is 81.1 Å². The number of carboxylic acids is 1. The Balaban J connectivity index is 2.58. The number of carbonyl (C=O) groups is 1. The molecule has 3 N–H and O–H groups in total. The van der Waals surface area contributed by atoms with Gasteiger partial charge in [-0.3, -0.25) is 9.48 Å². The van der Waals surface area contributed by atoms with Gasteiger partial charge < -0.3 is 10.8 Å². The summed E-state index contributed by atoms with van der Waals surface area (Å²) in [7, 11) is 0. The molecule has 0 aromatic carbocycles. The first-order chi connectivity index (χ1) is 5.59. The average Bonchev–Trinajstić information content (AvgIpc) is 2.35. The molecule has 0 aliphatic heterocycles. The molecule has 5 nitrogen and oxygen atoms in total. The van der Waals surface area contributed by atoms with Crippen LogP contribution in [0.5, 0.6) is 0 Å². The zero-order valence-corrected chi connectivity index (χ0v) is 7.73. The maximum atomic E-state index is 10.3. The number of rotatable bonds is 3. The number of aliphatic carboxylic acids is 1. The lowest BCUT2D eigenvalue weighted by Gasteiger charge is -2.04. The molecule has 0 aliphatic rings. The first-order valence-electron chi connectivity index (χ1n) is 3.26. The molecule has 0 amide bonds. The van der Waals surface area contributed by atoms with E-state index in [-0.39, 0.29) is 6.54 Å². The van der Waals surface area contributed by atoms with Crippen molar-refractivity contribution in [1.29, 1.82) is 0 Å². The van der Waals surface area contributed by atoms with Gasteiger partial charge in [0.15, 0.2) is 0 Å². The van der Waals surface area contributed by atoms with Crippen LogP contribution in [0.4, 0.5) is 0 Å². The molecule has 0 unspecified atom stereocenters. The van der Waals surface area contributed by atoms with Crippen LogP contribution < -0.4 is 5.73 Å². The second kappa shape index (κ2) is 3.68. The van der Waals surface area contributed by atoms with Gasteiger partial charge >= 0.3 is 5.97 Å². The minimum Gasteiger partial charge on any atom is -0.480 e. The van der Waals surface area contributed by atoms with Gasteiger partial charge in [0.25, 0.3) is 0 Å². The fraction of sp³-hybridized carbons (Fsp3) is 0.333. The molecular formula is C6H8BrN3O2. The van der Waals surface area contributed by atoms with Crippen molar-refractivity contribution in [2.45, 2.75) is 12.6 Å². The van der Waals surface area contributed by atoms with E-state index < -0.39 is 12.0 Å². The van der Waals surface area contributed by atoms with Gasteiger partial charge in [-0.15, -0.1) is 0 Å². The molecule has 6 heteroatoms. The number of nitrogens with two attached hydrogens (primary N) is 1. The summed E-state index contributed by atoms with van der Waals surface area (Å²) in [5.41, 5.74) is 5.28. The second-order valence-corrected chi connectivity index (χ2v) is 3.24. The van der Waals surface area contributed by atoms with Gasteiger partial charge in [-0.2, -0.15) is 5.10 Å². The van der Waals surface area contributed by atoms with Crippen molar-refractivity contribution >= 4 is 21.9 Å². The Kier molecular flexibility index (Phi) is 2.83. The van der Waals surface area contributed by atoms with Gasteiger partial charge in [-0.25, -0.2) is 0 Å². The normalized spacial score (nSPS) is 12.8. The third kappa shape index (κ3) is 2.31. The van der Waals surface area contributed by atoms with Crippen LogP contribution in [0.2, 0.25) is 0 Å². The summed E-state index contributed by atoms with van der Waals surface area (Å²) in [6.07, 6.45) is 3.25. The lowest BCUT2D eigenvalue weighted by atomic mass is 10.3. The Hall–Kier alpha value is -0.880. The summed E-state index contributed by atoms with van der Waals surface area (Å²) < 4.78 is 2.28. The van der Waals surface area contributed by atoms with Crippen LogP contribution in [0.1, 0.15) is 0 Å². The van der Waals surface area contributed by atoms with E-state index in [1.807, 2.05) is 0 Å². The molecule has 0 fully saturated rings. The van der Waals surface area contributed by atoms with Crippen molar-refractivity contribution in [2.24, 2.45) is 5.73 Å². The monoisotopic (exact) mass is 233 g/mol. The summed E-state index contributed by atoms with van der Waals surface area (Å²) in [5.74, 6) is -1.03. The van der Waals surface area contributed by atoms with Crippen molar-refractivity contribution < 1.29 is 9.90 Å². The first-order valence-corrected chi connectivity index (χ1v) is 4.05. The van der Waals surface area contributed by atoms with Gasteiger partial charge in [-0.1, -0.05) is 0 Å². The molecule has 0 saturated carbocycles. The summed E-state index contributed by atoms with van der Waals surface area (Å²) >= 11 is 3.19. The molecule has 0 radical (unpaired) electrons. The maximum absolute atomic E-state index is 10.3. The highest BCUT2D eigenvalue weighted by molar-refractivity contribution is 9.10. The smallest absolute Gasteiger partial charge is 0.322 e. The predicted molar refractivity (Wildman–Crippen MR) is 45.5 cm³/mol. The van der Waals surface area contributed by atoms with E-state index in [9.17, 15) is 4.79 Å². The molecule has 1 atom stereocenters. The number of halogens is 1. The van der Waals surface area contributed by atoms with Crippen LogP contribution in [0.3, 0.4) is 0 Å². The molecule has 0 aliphatic carbocycles. The first kappa shape index (κ1) is 9.21. The summed E-state index contributed by atoms with van der Waals surface area (Å²) in [4.78, 5) is 10.3. The zero-order valence-electron chi connectivity index (χ0n) is 6.14. The zero-order chi connectivity index (χ0) is 9.14. The standard InChI is InChI=1S/C6H8BrN3O2/c7-4-1-9-10(2-4)3-5(8)6(11)12/h1-2,5H,3,8H2,(H,11,12)/t5-/m0/s1. The third-order valence-electron chi connectivity index (χ3n) is 1.30. The molecule has 66 valence electrons. The van der Waals surface area contributed by atoms with E-state index in [1.54, 1.807) is 12.4 Å². The van der Waals surface area contributed by atoms with E-state index in [0.717, 1.165) is 4.47 Å². The molecule has 0 saturated heterocycles. The lowest BCUT2D eigenvalue weighted by Crippen LogP contribution is -2.34. The number of hydrogen-bond acceptors (Lipinski definition) is 3. The van der Waals surface area contributed by atoms with Gasteiger partial charge in [0.2, 0.25) is 0 Å². The van der Waals surface area contributed by atoms with E-state index in [4.69, 9.17) is 10.8 Å². The molecule has 1 aromatic heterocycles. The van der Waals surface area contributed by atoms with Crippen molar-refractivity contribution in [3.63, 3.8) is 0 Å². The van der Waals surface area contributed by atoms with Gasteiger partial charge in [0.05, 0.1) is 17.2 Å². The highest BCUT2D eigenvalue weighted by atomic mass is 79.9. The molecule has 0 spiro atoms. The molecule has 1 heterocycles. The Bertz CT molecular complexity index is 286. The van der Waals surface area contributed by atoms with Crippen LogP contribution in [0.15, 0.2) is 16.9 Å². The predicted octanol–water partition coefficient (Wildman–Crippen LogP) is 0.0575. The highest BCUT2D eigenvalue weighted by Crippen LogP contribution is 2.06. The Morgan fingerprint density at radius 2 is 2.58 bits per heavy atom. The number of aromatic nitrogens is 2. The lowest BCUT2D eigenvalue weighted by molar-refractivity contribution is -0.138. The van der Waals surface area contributed by atoms with Gasteiger partial charge in [0.1, 0.15) is 6.04 Å². The number of nitrogens with zero attached hydrogens (tertiary/aromatic N) is 2. The van der Waals surface area contributed by atoms with E-state index in [0.29, 0.717) is 0 Å². The minimum absolute atomic E-state index is 0.181. The van der Waals surface area contributed by atoms with Crippen LogP contribution >= 0.6 is 15.9 Å². The van der Waals surface area contributed by atoms with E-state index >= 15 is 0 Å². The summed E-state index contributed by atoms with van der Waals surface area (Å²) in [6, 6.07) is -0.906. The van der Waals surface area contributed by atoms with E-state index in [1.165, 1.54) is 4.68 Å². The largest absolute Gasteiger partial charge is 0.480 e. The van der Waals surface area contributed by atoms with Crippen LogP contribution in [-0.4, -0.2) is 26.9 Å². The van der Waals surface area contributed by atoms with Crippen LogP contribution in [-0.2, 0) is 11.3 Å². The van der Waals surface area contributed by atoms with Crippen molar-refractivity contribution in [1.82, 2.24) is 9.78 Å². The minimum atomic E-state index is -1.03. The second-order valence-electron chi connectivity index (χ2n) is 2.33. The van der Waals surface area contributed by atoms with Gasteiger partial charge in [0, 0.05) is 6.20 Å². The molecule has 1 aromatic rings. The van der Waals surface area contributed by atoms with Crippen molar-refractivity contribution in [2.75, 3.05) is 0 Å². The number of hydrogen-bond donors (Lipinski definition) is 2. The Labute approximate surface area is 77.3 Å². The quantitative estimate of drug-likeness (QED) is 0.774. The third-order valence-corrected chi connectivity index (χ3v) is 1.71.